The Morgan fingerprint density at radius 2 is 2.28 bits per heavy atom. The molecule has 3 N–H and O–H groups in total. The molecular weight excluding hydrogens is 264 g/mol. The van der Waals surface area contributed by atoms with E-state index in [0.29, 0.717) is 0 Å². The predicted molar refractivity (Wildman–Crippen MR) is 61.7 cm³/mol. The minimum atomic E-state index is -1.32. The van der Waals surface area contributed by atoms with Crippen molar-refractivity contribution in [1.29, 1.82) is 0 Å². The van der Waals surface area contributed by atoms with Crippen LogP contribution >= 0.6 is 11.8 Å². The first-order chi connectivity index (χ1) is 8.45. The first kappa shape index (κ1) is 14.4. The van der Waals surface area contributed by atoms with E-state index in [1.165, 1.54) is 0 Å². The third kappa shape index (κ3) is 3.65. The summed E-state index contributed by atoms with van der Waals surface area (Å²) in [6, 6.07) is 0.857. The number of thioether (sulfide) groups is 1. The number of hydrogen-bond acceptors (Lipinski definition) is 7. The van der Waals surface area contributed by atoms with E-state index in [1.807, 2.05) is 0 Å². The van der Waals surface area contributed by atoms with Crippen molar-refractivity contribution in [2.45, 2.75) is 11.0 Å². The number of rotatable bonds is 6. The van der Waals surface area contributed by atoms with Gasteiger partial charge in [0.1, 0.15) is 0 Å². The molecule has 8 nitrogen and oxygen atoms in total. The number of hydrogen-bond donors (Lipinski definition) is 3. The highest BCUT2D eigenvalue weighted by atomic mass is 32.2. The molecular formula is C9H10N2O6S. The van der Waals surface area contributed by atoms with Gasteiger partial charge in [0.2, 0.25) is 0 Å². The number of pyridine rings is 1. The van der Waals surface area contributed by atoms with E-state index in [4.69, 9.17) is 15.3 Å². The lowest BCUT2D eigenvalue weighted by Gasteiger charge is -2.07. The Kier molecular flexibility index (Phi) is 5.01. The van der Waals surface area contributed by atoms with Gasteiger partial charge in [0.15, 0.2) is 6.20 Å². The van der Waals surface area contributed by atoms with Crippen molar-refractivity contribution in [2.24, 2.45) is 0 Å². The van der Waals surface area contributed by atoms with Gasteiger partial charge in [-0.3, -0.25) is 0 Å². The fraction of sp³-hybridized carbons (Fsp3) is 0.333. The molecule has 1 atom stereocenters. The number of carbonyl (C=O) groups is 1. The van der Waals surface area contributed by atoms with E-state index in [1.54, 1.807) is 0 Å². The van der Waals surface area contributed by atoms with E-state index >= 15 is 0 Å². The summed E-state index contributed by atoms with van der Waals surface area (Å²) in [5, 5.41) is 37.2. The smallest absolute Gasteiger partial charge is 0.364 e. The van der Waals surface area contributed by atoms with Crippen LogP contribution in [-0.2, 0) is 0 Å². The van der Waals surface area contributed by atoms with Gasteiger partial charge in [0.05, 0.1) is 29.2 Å². The molecule has 0 saturated carbocycles. The van der Waals surface area contributed by atoms with Crippen LogP contribution in [0.5, 0.6) is 0 Å². The van der Waals surface area contributed by atoms with Crippen LogP contribution in [0.1, 0.15) is 10.4 Å². The lowest BCUT2D eigenvalue weighted by molar-refractivity contribution is -0.389. The van der Waals surface area contributed by atoms with Crippen molar-refractivity contribution < 1.29 is 25.0 Å². The van der Waals surface area contributed by atoms with Crippen LogP contribution in [0.3, 0.4) is 0 Å². The second-order valence-electron chi connectivity index (χ2n) is 3.25. The van der Waals surface area contributed by atoms with Gasteiger partial charge in [0, 0.05) is 5.75 Å². The van der Waals surface area contributed by atoms with Crippen LogP contribution in [0.25, 0.3) is 0 Å². The van der Waals surface area contributed by atoms with Gasteiger partial charge in [-0.2, -0.15) is 0 Å². The second kappa shape index (κ2) is 6.28. The molecule has 1 aromatic rings. The number of aromatic carboxylic acids is 1. The lowest BCUT2D eigenvalue weighted by atomic mass is 10.2. The van der Waals surface area contributed by atoms with Crippen molar-refractivity contribution in [3.05, 3.63) is 27.9 Å². The quantitative estimate of drug-likeness (QED) is 0.378. The molecule has 0 aliphatic carbocycles. The summed E-state index contributed by atoms with van der Waals surface area (Å²) in [6.45, 7) is -0.449. The zero-order valence-corrected chi connectivity index (χ0v) is 9.83. The maximum absolute atomic E-state index is 10.9. The first-order valence-corrected chi connectivity index (χ1v) is 5.73. The molecule has 0 aliphatic heterocycles. The second-order valence-corrected chi connectivity index (χ2v) is 4.31. The van der Waals surface area contributed by atoms with E-state index in [0.717, 1.165) is 24.0 Å². The zero-order valence-electron chi connectivity index (χ0n) is 9.02. The van der Waals surface area contributed by atoms with Gasteiger partial charge in [0.25, 0.3) is 0 Å². The number of aliphatic hydroxyl groups excluding tert-OH is 2. The molecule has 0 saturated heterocycles. The van der Waals surface area contributed by atoms with Gasteiger partial charge < -0.3 is 25.4 Å². The topological polar surface area (TPSA) is 134 Å². The molecule has 0 radical (unpaired) electrons. The molecule has 1 heterocycles. The molecule has 0 fully saturated rings. The third-order valence-corrected chi connectivity index (χ3v) is 3.10. The molecule has 18 heavy (non-hydrogen) atoms. The highest BCUT2D eigenvalue weighted by Crippen LogP contribution is 2.25. The number of carboxylic acid groups (broad SMARTS) is 1. The van der Waals surface area contributed by atoms with Crippen molar-refractivity contribution >= 4 is 23.5 Å². The molecule has 1 rings (SSSR count). The maximum Gasteiger partial charge on any atom is 0.364 e. The molecule has 0 amide bonds. The van der Waals surface area contributed by atoms with Crippen LogP contribution in [0.15, 0.2) is 17.2 Å². The number of aliphatic hydroxyl groups is 2. The number of nitro groups is 1. The number of nitrogens with zero attached hydrogens (tertiary/aromatic N) is 2. The van der Waals surface area contributed by atoms with Gasteiger partial charge in [-0.1, -0.05) is 0 Å². The summed E-state index contributed by atoms with van der Waals surface area (Å²) in [4.78, 5) is 24.3. The average Bonchev–Trinajstić information content (AvgIpc) is 2.35. The third-order valence-electron chi connectivity index (χ3n) is 1.91. The van der Waals surface area contributed by atoms with Crippen LogP contribution in [0.2, 0.25) is 0 Å². The summed E-state index contributed by atoms with van der Waals surface area (Å²) >= 11 is 0.953. The Labute approximate surface area is 105 Å². The minimum absolute atomic E-state index is 0.0657. The summed E-state index contributed by atoms with van der Waals surface area (Å²) < 4.78 is 0. The average molecular weight is 274 g/mol. The molecule has 1 unspecified atom stereocenters. The van der Waals surface area contributed by atoms with Crippen molar-refractivity contribution in [3.8, 4) is 0 Å². The Bertz CT molecular complexity index is 466. The van der Waals surface area contributed by atoms with Crippen LogP contribution in [-0.4, -0.2) is 49.7 Å². The Balaban J connectivity index is 2.97. The summed E-state index contributed by atoms with van der Waals surface area (Å²) in [5.74, 6) is -1.81. The van der Waals surface area contributed by atoms with E-state index in [2.05, 4.69) is 4.98 Å². The largest absolute Gasteiger partial charge is 0.478 e. The predicted octanol–water partition coefficient (Wildman–Crippen LogP) is 0.133. The van der Waals surface area contributed by atoms with Gasteiger partial charge in [-0.25, -0.2) is 4.79 Å². The molecule has 0 bridgehead atoms. The zero-order chi connectivity index (χ0) is 13.7. The monoisotopic (exact) mass is 274 g/mol. The molecule has 0 aromatic carbocycles. The van der Waals surface area contributed by atoms with Crippen LogP contribution in [0, 0.1) is 10.1 Å². The van der Waals surface area contributed by atoms with Crippen LogP contribution < -0.4 is 0 Å². The van der Waals surface area contributed by atoms with E-state index in [-0.39, 0.29) is 16.2 Å². The number of carboxylic acids is 1. The van der Waals surface area contributed by atoms with Gasteiger partial charge >= 0.3 is 11.8 Å². The highest BCUT2D eigenvalue weighted by molar-refractivity contribution is 7.99. The Morgan fingerprint density at radius 3 is 2.78 bits per heavy atom. The minimum Gasteiger partial charge on any atom is -0.478 e. The van der Waals surface area contributed by atoms with Crippen molar-refractivity contribution in [3.63, 3.8) is 0 Å². The van der Waals surface area contributed by atoms with Crippen molar-refractivity contribution in [2.75, 3.05) is 12.4 Å². The SMILES string of the molecule is O=C(O)c1cc([N+](=O)[O-])ncc1SCC(O)CO. The molecule has 98 valence electrons. The molecule has 1 aromatic heterocycles. The van der Waals surface area contributed by atoms with Gasteiger partial charge in [-0.15, -0.1) is 11.8 Å². The maximum atomic E-state index is 10.9. The number of aromatic nitrogens is 1. The summed E-state index contributed by atoms with van der Waals surface area (Å²) in [5.41, 5.74) is -0.258. The fourth-order valence-corrected chi connectivity index (χ4v) is 1.96. The van der Waals surface area contributed by atoms with E-state index in [9.17, 15) is 14.9 Å². The molecule has 9 heteroatoms. The van der Waals surface area contributed by atoms with E-state index < -0.39 is 29.4 Å². The van der Waals surface area contributed by atoms with Gasteiger partial charge in [-0.05, 0) is 9.91 Å². The standard InChI is InChI=1S/C9H10N2O6S/c12-3-5(13)4-18-7-2-10-8(11(16)17)1-6(7)9(14)15/h1-2,5,12-13H,3-4H2,(H,14,15). The van der Waals surface area contributed by atoms with Crippen LogP contribution in [0.4, 0.5) is 5.82 Å². The molecule has 0 spiro atoms. The molecule has 0 aliphatic rings. The first-order valence-electron chi connectivity index (χ1n) is 4.75. The van der Waals surface area contributed by atoms with Crippen molar-refractivity contribution in [1.82, 2.24) is 4.98 Å². The fourth-order valence-electron chi connectivity index (χ4n) is 1.05. The highest BCUT2D eigenvalue weighted by Gasteiger charge is 2.19. The summed E-state index contributed by atoms with van der Waals surface area (Å²) in [6.07, 6.45) is 0.0722. The Morgan fingerprint density at radius 1 is 1.61 bits per heavy atom. The Hall–Kier alpha value is -1.71. The normalized spacial score (nSPS) is 12.1. The lowest BCUT2D eigenvalue weighted by Crippen LogP contribution is -2.15. The summed E-state index contributed by atoms with van der Waals surface area (Å²) in [7, 11) is 0.